The van der Waals surface area contributed by atoms with Gasteiger partial charge in [0.1, 0.15) is 0 Å². The molecular weight excluding hydrogens is 280 g/mol. The molecule has 1 aromatic carbocycles. The van der Waals surface area contributed by atoms with Crippen molar-refractivity contribution in [2.45, 2.75) is 19.5 Å². The lowest BCUT2D eigenvalue weighted by molar-refractivity contribution is 0.0690. The summed E-state index contributed by atoms with van der Waals surface area (Å²) >= 11 is 6.12. The van der Waals surface area contributed by atoms with Gasteiger partial charge in [-0.25, -0.2) is 4.79 Å². The molecule has 0 radical (unpaired) electrons. The third-order valence-corrected chi connectivity index (χ3v) is 3.27. The van der Waals surface area contributed by atoms with Crippen molar-refractivity contribution >= 4 is 17.6 Å². The second-order valence-electron chi connectivity index (χ2n) is 4.37. The number of carbonyl (C=O) groups is 1. The van der Waals surface area contributed by atoms with Crippen molar-refractivity contribution in [1.82, 2.24) is 20.3 Å². The molecule has 20 heavy (non-hydrogen) atoms. The van der Waals surface area contributed by atoms with Crippen LogP contribution in [0, 0.1) is 0 Å². The molecule has 0 saturated carbocycles. The van der Waals surface area contributed by atoms with E-state index in [-0.39, 0.29) is 11.7 Å². The first-order chi connectivity index (χ1) is 9.58. The molecule has 0 aliphatic heterocycles. The molecule has 0 spiro atoms. The smallest absolute Gasteiger partial charge is 0.358 e. The van der Waals surface area contributed by atoms with Crippen LogP contribution < -0.4 is 5.32 Å². The minimum Gasteiger partial charge on any atom is -0.476 e. The highest BCUT2D eigenvalue weighted by Gasteiger charge is 2.10. The van der Waals surface area contributed by atoms with Gasteiger partial charge in [0.2, 0.25) is 0 Å². The molecule has 1 heterocycles. The Kier molecular flexibility index (Phi) is 4.70. The van der Waals surface area contributed by atoms with E-state index in [4.69, 9.17) is 16.7 Å². The lowest BCUT2D eigenvalue weighted by Gasteiger charge is -2.15. The number of nitrogens with one attached hydrogen (secondary N) is 1. The molecule has 2 rings (SSSR count). The number of rotatable bonds is 6. The van der Waals surface area contributed by atoms with Crippen LogP contribution in [-0.2, 0) is 6.54 Å². The van der Waals surface area contributed by atoms with Crippen molar-refractivity contribution in [1.29, 1.82) is 0 Å². The van der Waals surface area contributed by atoms with Gasteiger partial charge in [0.15, 0.2) is 5.69 Å². The van der Waals surface area contributed by atoms with Crippen LogP contribution in [0.1, 0.15) is 29.0 Å². The molecule has 0 saturated heterocycles. The number of aromatic carboxylic acids is 1. The van der Waals surface area contributed by atoms with Crippen molar-refractivity contribution in [2.75, 3.05) is 6.54 Å². The van der Waals surface area contributed by atoms with Crippen molar-refractivity contribution in [2.24, 2.45) is 0 Å². The second-order valence-corrected chi connectivity index (χ2v) is 4.78. The minimum atomic E-state index is -1.08. The topological polar surface area (TPSA) is 80.0 Å². The Morgan fingerprint density at radius 1 is 1.50 bits per heavy atom. The van der Waals surface area contributed by atoms with Gasteiger partial charge in [0, 0.05) is 17.6 Å². The van der Waals surface area contributed by atoms with Crippen LogP contribution >= 0.6 is 11.6 Å². The van der Waals surface area contributed by atoms with E-state index in [0.29, 0.717) is 13.1 Å². The molecule has 0 amide bonds. The first kappa shape index (κ1) is 14.5. The summed E-state index contributed by atoms with van der Waals surface area (Å²) in [5.41, 5.74) is 0.975. The lowest BCUT2D eigenvalue weighted by atomic mass is 10.1. The highest BCUT2D eigenvalue weighted by molar-refractivity contribution is 6.31. The molecule has 2 N–H and O–H groups in total. The predicted octanol–water partition coefficient (Wildman–Crippen LogP) is 1.98. The molecule has 1 atom stereocenters. The van der Waals surface area contributed by atoms with E-state index in [2.05, 4.69) is 15.6 Å². The Labute approximate surface area is 121 Å². The van der Waals surface area contributed by atoms with Gasteiger partial charge in [-0.1, -0.05) is 35.0 Å². The van der Waals surface area contributed by atoms with Gasteiger partial charge >= 0.3 is 5.97 Å². The maximum absolute atomic E-state index is 10.7. The molecule has 7 heteroatoms. The minimum absolute atomic E-state index is 0.0517. The SMILES string of the molecule is C[C@H](NCCn1cc(C(=O)O)nn1)c1ccccc1Cl. The fourth-order valence-electron chi connectivity index (χ4n) is 1.84. The first-order valence-corrected chi connectivity index (χ1v) is 6.57. The summed E-state index contributed by atoms with van der Waals surface area (Å²) < 4.78 is 1.50. The van der Waals surface area contributed by atoms with E-state index in [1.165, 1.54) is 10.9 Å². The van der Waals surface area contributed by atoms with E-state index < -0.39 is 5.97 Å². The van der Waals surface area contributed by atoms with E-state index >= 15 is 0 Å². The van der Waals surface area contributed by atoms with Gasteiger partial charge in [-0.15, -0.1) is 5.10 Å². The van der Waals surface area contributed by atoms with Crippen LogP contribution in [0.5, 0.6) is 0 Å². The van der Waals surface area contributed by atoms with E-state index in [0.717, 1.165) is 10.6 Å². The van der Waals surface area contributed by atoms with Gasteiger partial charge in [0.05, 0.1) is 12.7 Å². The van der Waals surface area contributed by atoms with E-state index in [1.807, 2.05) is 31.2 Å². The largest absolute Gasteiger partial charge is 0.476 e. The number of aromatic nitrogens is 3. The molecule has 6 nitrogen and oxygen atoms in total. The molecule has 0 bridgehead atoms. The first-order valence-electron chi connectivity index (χ1n) is 6.19. The fourth-order valence-corrected chi connectivity index (χ4v) is 2.14. The monoisotopic (exact) mass is 294 g/mol. The second kappa shape index (κ2) is 6.49. The van der Waals surface area contributed by atoms with Gasteiger partial charge in [0.25, 0.3) is 0 Å². The van der Waals surface area contributed by atoms with Gasteiger partial charge in [-0.2, -0.15) is 0 Å². The zero-order valence-corrected chi connectivity index (χ0v) is 11.7. The van der Waals surface area contributed by atoms with Crippen molar-refractivity contribution < 1.29 is 9.90 Å². The number of halogens is 1. The molecule has 2 aromatic rings. The zero-order chi connectivity index (χ0) is 14.5. The summed E-state index contributed by atoms with van der Waals surface area (Å²) in [6.07, 6.45) is 1.41. The van der Waals surface area contributed by atoms with Gasteiger partial charge in [-0.05, 0) is 18.6 Å². The van der Waals surface area contributed by atoms with Crippen LogP contribution in [-0.4, -0.2) is 32.6 Å². The third kappa shape index (κ3) is 3.55. The van der Waals surface area contributed by atoms with E-state index in [1.54, 1.807) is 0 Å². The summed E-state index contributed by atoms with van der Waals surface area (Å²) in [5.74, 6) is -1.08. The Hall–Kier alpha value is -1.92. The summed E-state index contributed by atoms with van der Waals surface area (Å²) in [7, 11) is 0. The van der Waals surface area contributed by atoms with Crippen LogP contribution in [0.25, 0.3) is 0 Å². The Balaban J connectivity index is 1.86. The normalized spacial score (nSPS) is 12.3. The molecule has 0 aliphatic carbocycles. The summed E-state index contributed by atoms with van der Waals surface area (Å²) in [4.78, 5) is 10.7. The summed E-state index contributed by atoms with van der Waals surface area (Å²) in [6, 6.07) is 7.76. The molecule has 0 fully saturated rings. The number of hydrogen-bond acceptors (Lipinski definition) is 4. The quantitative estimate of drug-likeness (QED) is 0.851. The van der Waals surface area contributed by atoms with Crippen LogP contribution in [0.4, 0.5) is 0 Å². The van der Waals surface area contributed by atoms with Crippen LogP contribution in [0.3, 0.4) is 0 Å². The number of nitrogens with zero attached hydrogens (tertiary/aromatic N) is 3. The molecular formula is C13H15ClN4O2. The van der Waals surface area contributed by atoms with Crippen LogP contribution in [0.15, 0.2) is 30.5 Å². The van der Waals surface area contributed by atoms with Crippen molar-refractivity contribution in [3.63, 3.8) is 0 Å². The summed E-state index contributed by atoms with van der Waals surface area (Å²) in [6.45, 7) is 3.19. The maximum atomic E-state index is 10.7. The number of carboxylic acids is 1. The molecule has 0 unspecified atom stereocenters. The lowest BCUT2D eigenvalue weighted by Crippen LogP contribution is -2.23. The van der Waals surface area contributed by atoms with Crippen molar-refractivity contribution in [3.05, 3.63) is 46.7 Å². The van der Waals surface area contributed by atoms with Gasteiger partial charge < -0.3 is 10.4 Å². The Morgan fingerprint density at radius 2 is 2.25 bits per heavy atom. The highest BCUT2D eigenvalue weighted by atomic mass is 35.5. The molecule has 0 aliphatic rings. The zero-order valence-electron chi connectivity index (χ0n) is 11.0. The maximum Gasteiger partial charge on any atom is 0.358 e. The fraction of sp³-hybridized carbons (Fsp3) is 0.308. The average molecular weight is 295 g/mol. The Bertz CT molecular complexity index is 600. The number of hydrogen-bond donors (Lipinski definition) is 2. The average Bonchev–Trinajstić information content (AvgIpc) is 2.88. The van der Waals surface area contributed by atoms with Crippen molar-refractivity contribution in [3.8, 4) is 0 Å². The van der Waals surface area contributed by atoms with Gasteiger partial charge in [-0.3, -0.25) is 4.68 Å². The number of benzene rings is 1. The highest BCUT2D eigenvalue weighted by Crippen LogP contribution is 2.21. The Morgan fingerprint density at radius 3 is 2.90 bits per heavy atom. The summed E-state index contributed by atoms with van der Waals surface area (Å²) in [5, 5.41) is 20.1. The predicted molar refractivity (Wildman–Crippen MR) is 74.9 cm³/mol. The number of carboxylic acid groups (broad SMARTS) is 1. The van der Waals surface area contributed by atoms with Crippen LogP contribution in [0.2, 0.25) is 5.02 Å². The van der Waals surface area contributed by atoms with E-state index in [9.17, 15) is 4.79 Å². The molecule has 106 valence electrons. The third-order valence-electron chi connectivity index (χ3n) is 2.92. The molecule has 1 aromatic heterocycles. The standard InChI is InChI=1S/C13H15ClN4O2/c1-9(10-4-2-3-5-11(10)14)15-6-7-18-8-12(13(19)20)16-17-18/h2-5,8-9,15H,6-7H2,1H3,(H,19,20)/t9-/m0/s1.